The number of ketones is 1. The highest BCUT2D eigenvalue weighted by Gasteiger charge is 2.64. The Morgan fingerprint density at radius 3 is 2.59 bits per heavy atom. The van der Waals surface area contributed by atoms with Crippen molar-refractivity contribution in [3.05, 3.63) is 12.2 Å². The Morgan fingerprint density at radius 2 is 1.95 bits per heavy atom. The van der Waals surface area contributed by atoms with E-state index < -0.39 is 17.8 Å². The third-order valence-electron chi connectivity index (χ3n) is 11.9. The van der Waals surface area contributed by atoms with Crippen LogP contribution >= 0.6 is 0 Å². The molecule has 0 bridgehead atoms. The third kappa shape index (κ3) is 4.23. The van der Waals surface area contributed by atoms with E-state index >= 15 is 0 Å². The van der Waals surface area contributed by atoms with Crippen molar-refractivity contribution in [3.63, 3.8) is 0 Å². The first kappa shape index (κ1) is 27.3. The molecular weight excluding hydrogens is 472 g/mol. The van der Waals surface area contributed by atoms with Crippen LogP contribution < -0.4 is 0 Å². The smallest absolute Gasteiger partial charge is 0.302 e. The molecule has 0 aromatic carbocycles. The van der Waals surface area contributed by atoms with E-state index in [2.05, 4.69) is 26.0 Å². The molecule has 0 unspecified atom stereocenters. The number of rotatable bonds is 5. The predicted octanol–water partition coefficient (Wildman–Crippen LogP) is 3.43. The molecule has 7 nitrogen and oxygen atoms in total. The molecule has 0 spiro atoms. The number of aliphatic hydroxyl groups is 3. The summed E-state index contributed by atoms with van der Waals surface area (Å²) in [4.78, 5) is 24.0. The van der Waals surface area contributed by atoms with Gasteiger partial charge in [-0.2, -0.15) is 0 Å². The maximum absolute atomic E-state index is 12.0. The standard InChI is InChI=1S/C30H46O7/c1-16-23(33)15-36-24(16)14-26(34)30(5,35)25-9-8-21-20-7-6-18-12-19(32)13-27(37-17(2)31)29(18,4)22(20)10-11-28(21,25)3/h6-7,16,18-22,24-27,32,34-35H,8-15H2,1-5H3/t16-,18+,19+,20-,21-,22-,24-,25-,26+,27-,28-,29-,30+/m0/s1. The summed E-state index contributed by atoms with van der Waals surface area (Å²) in [5, 5.41) is 33.6. The summed E-state index contributed by atoms with van der Waals surface area (Å²) >= 11 is 0. The normalized spacial score (nSPS) is 49.5. The molecule has 208 valence electrons. The van der Waals surface area contributed by atoms with Gasteiger partial charge in [0.1, 0.15) is 12.7 Å². The van der Waals surface area contributed by atoms with Gasteiger partial charge in [-0.05, 0) is 74.0 Å². The minimum atomic E-state index is -1.29. The van der Waals surface area contributed by atoms with E-state index in [-0.39, 0.29) is 65.6 Å². The highest BCUT2D eigenvalue weighted by atomic mass is 16.5. The molecule has 5 aliphatic rings. The van der Waals surface area contributed by atoms with Gasteiger partial charge in [0.2, 0.25) is 0 Å². The number of esters is 1. The summed E-state index contributed by atoms with van der Waals surface area (Å²) in [5.41, 5.74) is -1.65. The summed E-state index contributed by atoms with van der Waals surface area (Å²) < 4.78 is 11.5. The van der Waals surface area contributed by atoms with Crippen LogP contribution in [0.2, 0.25) is 0 Å². The average molecular weight is 519 g/mol. The molecule has 3 saturated carbocycles. The summed E-state index contributed by atoms with van der Waals surface area (Å²) in [7, 11) is 0. The minimum absolute atomic E-state index is 0.0567. The summed E-state index contributed by atoms with van der Waals surface area (Å²) in [6.45, 7) is 9.71. The Bertz CT molecular complexity index is 944. The molecule has 5 rings (SSSR count). The monoisotopic (exact) mass is 518 g/mol. The van der Waals surface area contributed by atoms with E-state index in [0.29, 0.717) is 30.6 Å². The lowest BCUT2D eigenvalue weighted by Crippen LogP contribution is -2.60. The van der Waals surface area contributed by atoms with Gasteiger partial charge in [-0.25, -0.2) is 0 Å². The van der Waals surface area contributed by atoms with Crippen molar-refractivity contribution >= 4 is 11.8 Å². The van der Waals surface area contributed by atoms with Crippen LogP contribution in [-0.2, 0) is 19.1 Å². The zero-order chi connectivity index (χ0) is 26.9. The Balaban J connectivity index is 1.38. The molecule has 4 fully saturated rings. The van der Waals surface area contributed by atoms with Crippen LogP contribution in [-0.4, -0.2) is 63.7 Å². The Hall–Kier alpha value is -1.28. The maximum atomic E-state index is 12.0. The third-order valence-corrected chi connectivity index (χ3v) is 11.9. The lowest BCUT2D eigenvalue weighted by atomic mass is 9.45. The van der Waals surface area contributed by atoms with Gasteiger partial charge in [0.05, 0.1) is 23.9 Å². The minimum Gasteiger partial charge on any atom is -0.462 e. The molecule has 4 aliphatic carbocycles. The number of hydrogen-bond acceptors (Lipinski definition) is 7. The number of hydrogen-bond donors (Lipinski definition) is 3. The fourth-order valence-electron chi connectivity index (χ4n) is 9.60. The number of fused-ring (bicyclic) bond motifs is 5. The van der Waals surface area contributed by atoms with E-state index in [1.165, 1.54) is 6.92 Å². The quantitative estimate of drug-likeness (QED) is 0.377. The largest absolute Gasteiger partial charge is 0.462 e. The molecule has 1 heterocycles. The summed E-state index contributed by atoms with van der Waals surface area (Å²) in [6.07, 6.45) is 7.69. The van der Waals surface area contributed by atoms with Gasteiger partial charge < -0.3 is 24.8 Å². The van der Waals surface area contributed by atoms with Crippen LogP contribution in [0.15, 0.2) is 12.2 Å². The van der Waals surface area contributed by atoms with Crippen molar-refractivity contribution in [1.29, 1.82) is 0 Å². The lowest BCUT2D eigenvalue weighted by molar-refractivity contribution is -0.188. The maximum Gasteiger partial charge on any atom is 0.302 e. The van der Waals surface area contributed by atoms with Gasteiger partial charge in [0.15, 0.2) is 5.78 Å². The van der Waals surface area contributed by atoms with Crippen LogP contribution in [0.4, 0.5) is 0 Å². The number of carbonyl (C=O) groups is 2. The second kappa shape index (κ2) is 9.42. The Labute approximate surface area is 221 Å². The van der Waals surface area contributed by atoms with Crippen molar-refractivity contribution in [2.75, 3.05) is 6.61 Å². The van der Waals surface area contributed by atoms with Gasteiger partial charge in [-0.1, -0.05) is 32.9 Å². The highest BCUT2D eigenvalue weighted by Crippen LogP contribution is 2.67. The van der Waals surface area contributed by atoms with Crippen LogP contribution in [0.3, 0.4) is 0 Å². The van der Waals surface area contributed by atoms with Crippen molar-refractivity contribution < 1.29 is 34.4 Å². The number of aliphatic hydroxyl groups excluding tert-OH is 2. The molecule has 37 heavy (non-hydrogen) atoms. The van der Waals surface area contributed by atoms with Gasteiger partial charge in [-0.3, -0.25) is 9.59 Å². The van der Waals surface area contributed by atoms with Crippen LogP contribution in [0.5, 0.6) is 0 Å². The van der Waals surface area contributed by atoms with Crippen molar-refractivity contribution in [1.82, 2.24) is 0 Å². The van der Waals surface area contributed by atoms with Crippen LogP contribution in [0, 0.1) is 46.3 Å². The zero-order valence-electron chi connectivity index (χ0n) is 23.1. The molecule has 7 heteroatoms. The molecule has 3 N–H and O–H groups in total. The van der Waals surface area contributed by atoms with Gasteiger partial charge in [-0.15, -0.1) is 0 Å². The predicted molar refractivity (Wildman–Crippen MR) is 137 cm³/mol. The van der Waals surface area contributed by atoms with E-state index in [0.717, 1.165) is 25.7 Å². The lowest BCUT2D eigenvalue weighted by Gasteiger charge is -2.61. The van der Waals surface area contributed by atoms with Crippen LogP contribution in [0.1, 0.15) is 79.6 Å². The van der Waals surface area contributed by atoms with Crippen molar-refractivity contribution in [2.24, 2.45) is 46.3 Å². The van der Waals surface area contributed by atoms with Crippen molar-refractivity contribution in [3.8, 4) is 0 Å². The first-order valence-electron chi connectivity index (χ1n) is 14.4. The van der Waals surface area contributed by atoms with Crippen molar-refractivity contribution in [2.45, 2.75) is 110 Å². The molecule has 1 saturated heterocycles. The summed E-state index contributed by atoms with van der Waals surface area (Å²) in [6, 6.07) is 0. The van der Waals surface area contributed by atoms with E-state index in [1.54, 1.807) is 6.92 Å². The fraction of sp³-hybridized carbons (Fsp3) is 0.867. The first-order valence-corrected chi connectivity index (χ1v) is 14.4. The average Bonchev–Trinajstić information content (AvgIpc) is 3.34. The molecule has 0 radical (unpaired) electrons. The second-order valence-corrected chi connectivity index (χ2v) is 13.6. The fourth-order valence-corrected chi connectivity index (χ4v) is 9.60. The van der Waals surface area contributed by atoms with Crippen LogP contribution in [0.25, 0.3) is 0 Å². The first-order chi connectivity index (χ1) is 17.3. The Kier molecular flexibility index (Phi) is 6.95. The number of Topliss-reactive ketones (excluding diaryl/α,β-unsaturated/α-hetero) is 1. The molecule has 0 aromatic heterocycles. The van der Waals surface area contributed by atoms with E-state index in [4.69, 9.17) is 9.47 Å². The molecule has 13 atom stereocenters. The zero-order valence-corrected chi connectivity index (χ0v) is 23.1. The van der Waals surface area contributed by atoms with Gasteiger partial charge in [0.25, 0.3) is 0 Å². The number of allylic oxidation sites excluding steroid dienone is 2. The van der Waals surface area contributed by atoms with E-state index in [9.17, 15) is 24.9 Å². The Morgan fingerprint density at radius 1 is 1.22 bits per heavy atom. The molecule has 1 aliphatic heterocycles. The SMILES string of the molecule is CC(=O)O[C@H]1C[C@H](O)C[C@H]2C=C[C@H]3[C@@H]4CC[C@H]([C@@](C)(O)[C@H](O)C[C@@H]5OCC(=O)[C@@H]5C)[C@@]4(C)CC[C@@H]3[C@]21C. The number of ether oxygens (including phenoxy) is 2. The molecular formula is C30H46O7. The molecule has 0 amide bonds. The molecule has 0 aromatic rings. The van der Waals surface area contributed by atoms with E-state index in [1.807, 2.05) is 6.92 Å². The summed E-state index contributed by atoms with van der Waals surface area (Å²) in [5.74, 6) is 0.617. The topological polar surface area (TPSA) is 113 Å². The second-order valence-electron chi connectivity index (χ2n) is 13.6. The van der Waals surface area contributed by atoms with Gasteiger partial charge >= 0.3 is 5.97 Å². The number of carbonyl (C=O) groups excluding carboxylic acids is 2. The van der Waals surface area contributed by atoms with Gasteiger partial charge in [0, 0.05) is 31.1 Å². The highest BCUT2D eigenvalue weighted by molar-refractivity contribution is 5.84.